The second-order valence-corrected chi connectivity index (χ2v) is 16.4. The summed E-state index contributed by atoms with van der Waals surface area (Å²) in [5.74, 6) is -5.69. The minimum Gasteiger partial charge on any atom is -0.548 e. The fraction of sp³-hybridized carbons (Fsp3) is 0.438. The fourth-order valence-corrected chi connectivity index (χ4v) is 9.29. The van der Waals surface area contributed by atoms with Crippen LogP contribution in [0.3, 0.4) is 0 Å². The van der Waals surface area contributed by atoms with Crippen molar-refractivity contribution in [1.82, 2.24) is 26.2 Å². The van der Waals surface area contributed by atoms with Gasteiger partial charge in [-0.3, -0.25) is 24.5 Å². The zero-order valence-corrected chi connectivity index (χ0v) is 34.1. The molecule has 0 aromatic heterocycles. The van der Waals surface area contributed by atoms with E-state index in [0.717, 1.165) is 11.8 Å². The molecule has 6 N–H and O–H groups in total. The van der Waals surface area contributed by atoms with Crippen molar-refractivity contribution in [3.05, 3.63) is 71.8 Å². The summed E-state index contributed by atoms with van der Waals surface area (Å²) in [6.07, 6.45) is 0. The molecule has 2 aromatic carbocycles. The van der Waals surface area contributed by atoms with Crippen molar-refractivity contribution in [3.63, 3.8) is 0 Å². The number of carbonyl (C=O) groups excluding carboxylic acids is 6. The Bertz CT molecular complexity index is 1620. The van der Waals surface area contributed by atoms with Gasteiger partial charge in [0.15, 0.2) is 0 Å². The van der Waals surface area contributed by atoms with Crippen molar-refractivity contribution in [1.29, 1.82) is 0 Å². The SMILES string of the molecule is CC1(C)S[C@@H]2[C@H](NC(=O)[C@H](NC(=O)[C@H](NC(=O)[C@H](N)c3ccccc3)[C@@H]3N[C@@H](C(=O)[O-])C(C)(C)S3)c3ccccc3)C(=O)N2[C@H]1C(=O)[O-].[Na+].[Na+]. The minimum absolute atomic E-state index is 0. The van der Waals surface area contributed by atoms with Crippen LogP contribution in [-0.4, -0.2) is 84.9 Å². The molecule has 3 fully saturated rings. The van der Waals surface area contributed by atoms with Crippen LogP contribution >= 0.6 is 23.5 Å². The van der Waals surface area contributed by atoms with Crippen molar-refractivity contribution >= 4 is 59.1 Å². The van der Waals surface area contributed by atoms with Gasteiger partial charge in [-0.25, -0.2) is 0 Å². The summed E-state index contributed by atoms with van der Waals surface area (Å²) in [7, 11) is 0. The van der Waals surface area contributed by atoms with E-state index >= 15 is 0 Å². The summed E-state index contributed by atoms with van der Waals surface area (Å²) in [6, 6.07) is 9.26. The van der Waals surface area contributed by atoms with E-state index in [2.05, 4.69) is 21.3 Å². The fourth-order valence-electron chi connectivity index (χ4n) is 6.18. The maximum atomic E-state index is 14.1. The van der Waals surface area contributed by atoms with E-state index in [1.807, 2.05) is 0 Å². The number of amides is 4. The molecule has 2 aromatic rings. The second-order valence-electron chi connectivity index (χ2n) is 12.9. The Balaban J connectivity index is 0.00000338. The third-order valence-electron chi connectivity index (χ3n) is 8.66. The number of thioether (sulfide) groups is 2. The maximum Gasteiger partial charge on any atom is 1.00 e. The van der Waals surface area contributed by atoms with Gasteiger partial charge in [0, 0.05) is 9.49 Å². The standard InChI is InChI=1S/C32H38N6O8S2.2Na/c1-31(2)21(29(43)44)37-26(47-31)19(35-23(39)17(33)15-11-7-5-8-12-15)25(41)34-18(16-13-9-6-10-14-16)24(40)36-20-27(42)38-22(30(45)46)32(3,4)48-28(20)38;;/h5-14,17-22,26,28,37H,33H2,1-4H3,(H,34,41)(H,35,39)(H,36,40)(H,43,44)(H,45,46);;/q;2*+1/p-2/t17-,18-,19+,20-,21+,22+,26-,28-;;/m1../s1. The molecule has 0 unspecified atom stereocenters. The van der Waals surface area contributed by atoms with Crippen molar-refractivity contribution in [2.75, 3.05) is 0 Å². The number of nitrogens with two attached hydrogens (primary N) is 1. The number of carbonyl (C=O) groups is 6. The molecule has 0 spiro atoms. The Morgan fingerprint density at radius 1 is 0.800 bits per heavy atom. The van der Waals surface area contributed by atoms with Crippen LogP contribution in [0.2, 0.25) is 0 Å². The third-order valence-corrected chi connectivity index (χ3v) is 11.7. The molecule has 0 radical (unpaired) electrons. The average molecular weight is 743 g/mol. The van der Waals surface area contributed by atoms with E-state index in [4.69, 9.17) is 5.73 Å². The van der Waals surface area contributed by atoms with Gasteiger partial charge in [-0.2, -0.15) is 0 Å². The van der Waals surface area contributed by atoms with Gasteiger partial charge < -0.3 is 46.4 Å². The number of β-lactam (4-membered cyclic amide) rings is 1. The van der Waals surface area contributed by atoms with Crippen LogP contribution in [0.4, 0.5) is 0 Å². The van der Waals surface area contributed by atoms with Crippen LogP contribution in [0.15, 0.2) is 60.7 Å². The predicted octanol–water partition coefficient (Wildman–Crippen LogP) is -8.11. The number of fused-ring (bicyclic) bond motifs is 1. The van der Waals surface area contributed by atoms with E-state index in [1.165, 1.54) is 16.7 Å². The van der Waals surface area contributed by atoms with Crippen LogP contribution in [0.5, 0.6) is 0 Å². The summed E-state index contributed by atoms with van der Waals surface area (Å²) in [5, 5.41) is 33.0. The van der Waals surface area contributed by atoms with Crippen LogP contribution in [-0.2, 0) is 28.8 Å². The number of nitrogens with zero attached hydrogens (tertiary/aromatic N) is 1. The Morgan fingerprint density at radius 3 is 1.88 bits per heavy atom. The Morgan fingerprint density at radius 2 is 1.36 bits per heavy atom. The molecule has 3 aliphatic heterocycles. The van der Waals surface area contributed by atoms with Crippen molar-refractivity contribution in [3.8, 4) is 0 Å². The Kier molecular flexibility index (Phi) is 14.1. The van der Waals surface area contributed by atoms with Gasteiger partial charge in [-0.1, -0.05) is 60.7 Å². The molecule has 0 aliphatic carbocycles. The van der Waals surface area contributed by atoms with E-state index in [0.29, 0.717) is 11.1 Å². The first-order valence-electron chi connectivity index (χ1n) is 15.2. The van der Waals surface area contributed by atoms with Gasteiger partial charge in [0.1, 0.15) is 29.5 Å². The number of carboxylic acids is 2. The van der Waals surface area contributed by atoms with Gasteiger partial charge in [-0.15, -0.1) is 23.5 Å². The molecule has 8 atom stereocenters. The molecule has 4 amide bonds. The molecule has 3 aliphatic rings. The van der Waals surface area contributed by atoms with Crippen LogP contribution in [0, 0.1) is 0 Å². The van der Waals surface area contributed by atoms with Crippen LogP contribution in [0.1, 0.15) is 50.9 Å². The second kappa shape index (κ2) is 16.7. The smallest absolute Gasteiger partial charge is 0.548 e. The summed E-state index contributed by atoms with van der Waals surface area (Å²) in [6.45, 7) is 6.66. The molecule has 3 heterocycles. The Labute approximate surface area is 342 Å². The van der Waals surface area contributed by atoms with E-state index < -0.39 is 92.1 Å². The molecule has 3 saturated heterocycles. The van der Waals surface area contributed by atoms with Crippen molar-refractivity contribution in [2.45, 2.75) is 84.2 Å². The van der Waals surface area contributed by atoms with Gasteiger partial charge in [0.05, 0.1) is 29.4 Å². The molecule has 18 heteroatoms. The first-order valence-corrected chi connectivity index (χ1v) is 16.9. The summed E-state index contributed by atoms with van der Waals surface area (Å²) < 4.78 is -1.82. The maximum absolute atomic E-state index is 14.1. The molecule has 0 saturated carbocycles. The van der Waals surface area contributed by atoms with Crippen LogP contribution < -0.4 is 96.3 Å². The van der Waals surface area contributed by atoms with Gasteiger partial charge in [0.25, 0.3) is 0 Å². The van der Waals surface area contributed by atoms with Crippen molar-refractivity contribution < 1.29 is 98.1 Å². The number of benzene rings is 2. The quantitative estimate of drug-likeness (QED) is 0.107. The molecule has 256 valence electrons. The minimum atomic E-state index is -1.42. The number of hydrogen-bond acceptors (Lipinski definition) is 12. The molecule has 14 nitrogen and oxygen atoms in total. The van der Waals surface area contributed by atoms with Crippen molar-refractivity contribution in [2.24, 2.45) is 5.73 Å². The average Bonchev–Trinajstić information content (AvgIpc) is 3.50. The van der Waals surface area contributed by atoms with Gasteiger partial charge >= 0.3 is 59.1 Å². The topological polar surface area (TPSA) is 226 Å². The molecule has 0 bridgehead atoms. The number of hydrogen-bond donors (Lipinski definition) is 5. The monoisotopic (exact) mass is 742 g/mol. The van der Waals surface area contributed by atoms with Gasteiger partial charge in [0.2, 0.25) is 23.6 Å². The molecular formula is C32H36N6Na2O8S2. The zero-order valence-electron chi connectivity index (χ0n) is 28.5. The number of nitrogens with one attached hydrogen (secondary N) is 4. The van der Waals surface area contributed by atoms with E-state index in [9.17, 15) is 39.0 Å². The van der Waals surface area contributed by atoms with Gasteiger partial charge in [-0.05, 0) is 38.8 Å². The van der Waals surface area contributed by atoms with E-state index in [1.54, 1.807) is 88.4 Å². The van der Waals surface area contributed by atoms with E-state index in [-0.39, 0.29) is 59.1 Å². The normalized spacial score (nSPS) is 26.0. The third kappa shape index (κ3) is 8.56. The predicted molar refractivity (Wildman–Crippen MR) is 173 cm³/mol. The number of rotatable bonds is 11. The number of aliphatic carboxylic acids is 2. The molecular weight excluding hydrogens is 707 g/mol. The molecule has 50 heavy (non-hydrogen) atoms. The Hall–Kier alpha value is -2.12. The first-order chi connectivity index (χ1) is 22.5. The first kappa shape index (κ1) is 42.3. The summed E-state index contributed by atoms with van der Waals surface area (Å²) in [5.41, 5.74) is 7.04. The number of carboxylic acid groups (broad SMARTS) is 2. The zero-order chi connectivity index (χ0) is 35.1. The molecule has 5 rings (SSSR count). The summed E-state index contributed by atoms with van der Waals surface area (Å²) >= 11 is 2.32. The summed E-state index contributed by atoms with van der Waals surface area (Å²) in [4.78, 5) is 79.4. The largest absolute Gasteiger partial charge is 1.00 e. The van der Waals surface area contributed by atoms with Crippen LogP contribution in [0.25, 0.3) is 0 Å².